The van der Waals surface area contributed by atoms with Gasteiger partial charge in [-0.3, -0.25) is 0 Å². The number of hydrogen-bond acceptors (Lipinski definition) is 7. The van der Waals surface area contributed by atoms with Crippen LogP contribution in [0.25, 0.3) is 5.52 Å². The van der Waals surface area contributed by atoms with E-state index >= 15 is 0 Å². The van der Waals surface area contributed by atoms with Gasteiger partial charge in [0.2, 0.25) is 0 Å². The second-order valence-electron chi connectivity index (χ2n) is 5.55. The molecule has 142 valence electrons. The van der Waals surface area contributed by atoms with E-state index in [1.807, 2.05) is 0 Å². The van der Waals surface area contributed by atoms with Crippen molar-refractivity contribution in [1.82, 2.24) is 19.6 Å². The van der Waals surface area contributed by atoms with Crippen LogP contribution in [0.3, 0.4) is 0 Å². The van der Waals surface area contributed by atoms with Crippen molar-refractivity contribution in [3.63, 3.8) is 0 Å². The minimum absolute atomic E-state index is 0.130. The van der Waals surface area contributed by atoms with Gasteiger partial charge in [0.1, 0.15) is 17.6 Å². The molecule has 0 radical (unpaired) electrons. The highest BCUT2D eigenvalue weighted by molar-refractivity contribution is 7.90. The summed E-state index contributed by atoms with van der Waals surface area (Å²) < 4.78 is 24.6. The highest BCUT2D eigenvalue weighted by Crippen LogP contribution is 2.24. The highest BCUT2D eigenvalue weighted by atomic mass is 35.5. The van der Waals surface area contributed by atoms with E-state index in [0.717, 1.165) is 5.56 Å². The lowest BCUT2D eigenvalue weighted by Gasteiger charge is -2.12. The molecule has 0 bridgehead atoms. The van der Waals surface area contributed by atoms with E-state index in [1.165, 1.54) is 6.33 Å². The average Bonchev–Trinajstić information content (AvgIpc) is 3.04. The first-order valence-corrected chi connectivity index (χ1v) is 9.81. The Morgan fingerprint density at radius 1 is 1.30 bits per heavy atom. The zero-order chi connectivity index (χ0) is 19.4. The second kappa shape index (κ2) is 8.55. The van der Waals surface area contributed by atoms with Gasteiger partial charge in [0.15, 0.2) is 6.61 Å². The first kappa shape index (κ1) is 19.4. The molecular formula is C17H17ClN4O4S. The van der Waals surface area contributed by atoms with Crippen LogP contribution in [0.1, 0.15) is 18.2 Å². The quantitative estimate of drug-likeness (QED) is 0.436. The van der Waals surface area contributed by atoms with Gasteiger partial charge in [-0.15, -0.1) is 5.10 Å². The van der Waals surface area contributed by atoms with E-state index in [2.05, 4.69) is 15.2 Å². The highest BCUT2D eigenvalue weighted by Gasteiger charge is 2.23. The normalized spacial score (nSPS) is 12.1. The van der Waals surface area contributed by atoms with E-state index in [9.17, 15) is 9.35 Å². The molecule has 0 spiro atoms. The first-order valence-electron chi connectivity index (χ1n) is 8.11. The molecule has 0 fully saturated rings. The number of hydrogen-bond donors (Lipinski definition) is 0. The molecule has 1 unspecified atom stereocenters. The van der Waals surface area contributed by atoms with Crippen molar-refractivity contribution in [2.45, 2.75) is 24.8 Å². The molecule has 0 N–H and O–H groups in total. The third kappa shape index (κ3) is 4.49. The van der Waals surface area contributed by atoms with Gasteiger partial charge >= 0.3 is 11.1 Å². The van der Waals surface area contributed by atoms with Crippen LogP contribution in [-0.2, 0) is 26.5 Å². The van der Waals surface area contributed by atoms with E-state index in [4.69, 9.17) is 21.1 Å². The number of imidazole rings is 1. The van der Waals surface area contributed by atoms with Crippen LogP contribution in [0.2, 0.25) is 5.02 Å². The van der Waals surface area contributed by atoms with Gasteiger partial charge < -0.3 is 14.0 Å². The van der Waals surface area contributed by atoms with Crippen LogP contribution in [0.5, 0.6) is 5.88 Å². The number of ether oxygens (including phenoxy) is 2. The molecule has 0 aliphatic rings. The molecule has 3 aromatic rings. The number of esters is 1. The Labute approximate surface area is 163 Å². The van der Waals surface area contributed by atoms with Crippen LogP contribution in [0.15, 0.2) is 35.7 Å². The summed E-state index contributed by atoms with van der Waals surface area (Å²) in [4.78, 5) is 15.7. The Balaban J connectivity index is 1.85. The second-order valence-corrected chi connectivity index (χ2v) is 7.33. The summed E-state index contributed by atoms with van der Waals surface area (Å²) >= 11 is 4.41. The summed E-state index contributed by atoms with van der Waals surface area (Å²) in [7, 11) is 0. The van der Waals surface area contributed by atoms with Crippen LogP contribution in [-0.4, -0.2) is 43.3 Å². The monoisotopic (exact) mass is 408 g/mol. The van der Waals surface area contributed by atoms with Gasteiger partial charge in [-0.25, -0.2) is 14.2 Å². The van der Waals surface area contributed by atoms with Crippen molar-refractivity contribution in [1.29, 1.82) is 0 Å². The van der Waals surface area contributed by atoms with Crippen molar-refractivity contribution in [3.05, 3.63) is 46.9 Å². The summed E-state index contributed by atoms with van der Waals surface area (Å²) in [6.45, 7) is 3.44. The lowest BCUT2D eigenvalue weighted by Crippen LogP contribution is -2.18. The molecule has 0 aliphatic heterocycles. The first-order chi connectivity index (χ1) is 13.0. The molecular weight excluding hydrogens is 392 g/mol. The van der Waals surface area contributed by atoms with Gasteiger partial charge in [-0.05, 0) is 26.0 Å². The zero-order valence-electron chi connectivity index (χ0n) is 14.7. The van der Waals surface area contributed by atoms with Crippen LogP contribution in [0, 0.1) is 6.92 Å². The van der Waals surface area contributed by atoms with E-state index in [0.29, 0.717) is 16.2 Å². The smallest absolute Gasteiger partial charge is 0.348 e. The fourth-order valence-electron chi connectivity index (χ4n) is 2.40. The number of aromatic nitrogens is 4. The molecule has 1 aromatic carbocycles. The molecule has 0 aliphatic carbocycles. The SMILES string of the molecule is CCOC(=O)COc1nnc([S+]([O-])Cc2ccc(Cl)cc2)n2cnc(C)c12. The number of nitrogens with zero attached hydrogens (tertiary/aromatic N) is 4. The Morgan fingerprint density at radius 3 is 2.74 bits per heavy atom. The lowest BCUT2D eigenvalue weighted by atomic mass is 10.2. The van der Waals surface area contributed by atoms with Crippen molar-refractivity contribution in [2.75, 3.05) is 13.2 Å². The van der Waals surface area contributed by atoms with Gasteiger partial charge in [0.05, 0.1) is 12.3 Å². The Hall–Kier alpha value is -2.36. The number of carbonyl (C=O) groups is 1. The molecule has 3 rings (SSSR count). The molecule has 10 heteroatoms. The number of rotatable bonds is 7. The van der Waals surface area contributed by atoms with Gasteiger partial charge in [-0.2, -0.15) is 0 Å². The molecule has 27 heavy (non-hydrogen) atoms. The van der Waals surface area contributed by atoms with Gasteiger partial charge in [-0.1, -0.05) is 28.8 Å². The maximum atomic E-state index is 12.8. The van der Waals surface area contributed by atoms with Crippen molar-refractivity contribution in [2.24, 2.45) is 0 Å². The molecule has 0 saturated heterocycles. The summed E-state index contributed by atoms with van der Waals surface area (Å²) in [5.41, 5.74) is 1.98. The summed E-state index contributed by atoms with van der Waals surface area (Å²) in [6, 6.07) is 7.09. The Morgan fingerprint density at radius 2 is 2.04 bits per heavy atom. The molecule has 1 atom stereocenters. The van der Waals surface area contributed by atoms with Crippen LogP contribution in [0.4, 0.5) is 0 Å². The van der Waals surface area contributed by atoms with Crippen molar-refractivity contribution >= 4 is 34.3 Å². The van der Waals surface area contributed by atoms with Gasteiger partial charge in [0, 0.05) is 21.8 Å². The van der Waals surface area contributed by atoms with Crippen LogP contribution >= 0.6 is 11.6 Å². The number of aryl methyl sites for hydroxylation is 1. The van der Waals surface area contributed by atoms with E-state index in [-0.39, 0.29) is 30.0 Å². The molecule has 2 aromatic heterocycles. The largest absolute Gasteiger partial charge is 0.609 e. The number of benzene rings is 1. The number of fused-ring (bicyclic) bond motifs is 1. The summed E-state index contributed by atoms with van der Waals surface area (Å²) in [6.07, 6.45) is 1.51. The topological polar surface area (TPSA) is 102 Å². The standard InChI is InChI=1S/C17H17ClN4O4S/c1-3-25-14(23)8-26-16-15-11(2)19-10-22(15)17(21-20-16)27(24)9-12-4-6-13(18)7-5-12/h4-7,10H,3,8-9H2,1-2H3. The molecule has 0 amide bonds. The third-order valence-corrected chi connectivity index (χ3v) is 5.17. The minimum Gasteiger partial charge on any atom is -0.609 e. The molecule has 2 heterocycles. The predicted molar refractivity (Wildman–Crippen MR) is 99.2 cm³/mol. The van der Waals surface area contributed by atoms with Crippen LogP contribution < -0.4 is 4.74 Å². The third-order valence-electron chi connectivity index (χ3n) is 3.63. The average molecular weight is 409 g/mol. The summed E-state index contributed by atoms with van der Waals surface area (Å²) in [5, 5.41) is 8.87. The van der Waals surface area contributed by atoms with E-state index in [1.54, 1.807) is 42.5 Å². The Bertz CT molecular complexity index is 948. The number of carbonyl (C=O) groups excluding carboxylic acids is 1. The minimum atomic E-state index is -1.47. The summed E-state index contributed by atoms with van der Waals surface area (Å²) in [5.74, 6) is -0.128. The Kier molecular flexibility index (Phi) is 6.15. The van der Waals surface area contributed by atoms with E-state index < -0.39 is 17.1 Å². The van der Waals surface area contributed by atoms with Crippen molar-refractivity contribution < 1.29 is 18.8 Å². The van der Waals surface area contributed by atoms with Gasteiger partial charge in [0.25, 0.3) is 5.88 Å². The lowest BCUT2D eigenvalue weighted by molar-refractivity contribution is -0.145. The fourth-order valence-corrected chi connectivity index (χ4v) is 3.64. The zero-order valence-corrected chi connectivity index (χ0v) is 16.3. The molecule has 8 nitrogen and oxygen atoms in total. The predicted octanol–water partition coefficient (Wildman–Crippen LogP) is 2.34. The fraction of sp³-hybridized carbons (Fsp3) is 0.294. The number of halogens is 1. The molecule has 0 saturated carbocycles. The maximum Gasteiger partial charge on any atom is 0.348 e. The van der Waals surface area contributed by atoms with Crippen molar-refractivity contribution in [3.8, 4) is 5.88 Å². The maximum absolute atomic E-state index is 12.8.